The third kappa shape index (κ3) is 4.93. The number of nitrogens with zero attached hydrogens (tertiary/aromatic N) is 2. The number of benzene rings is 3. The van der Waals surface area contributed by atoms with Gasteiger partial charge in [0.25, 0.3) is 5.56 Å². The lowest BCUT2D eigenvalue weighted by atomic mass is 10.1. The first kappa shape index (κ1) is 22.6. The van der Waals surface area contributed by atoms with Crippen molar-refractivity contribution in [2.75, 3.05) is 17.7 Å². The number of nitrogens with one attached hydrogen (secondary N) is 1. The maximum Gasteiger partial charge on any atom is 0.266 e. The van der Waals surface area contributed by atoms with Crippen LogP contribution in [0.25, 0.3) is 16.6 Å². The Hall–Kier alpha value is -3.58. The van der Waals surface area contributed by atoms with Gasteiger partial charge in [0.1, 0.15) is 5.75 Å². The number of hydrogen-bond acceptors (Lipinski definition) is 5. The van der Waals surface area contributed by atoms with Gasteiger partial charge in [-0.3, -0.25) is 14.2 Å². The van der Waals surface area contributed by atoms with Crippen LogP contribution in [0.2, 0.25) is 0 Å². The second-order valence-corrected chi connectivity index (χ2v) is 8.53. The van der Waals surface area contributed by atoms with Gasteiger partial charge in [0.05, 0.1) is 29.0 Å². The number of carbonyl (C=O) groups excluding carboxylic acids is 1. The van der Waals surface area contributed by atoms with Gasteiger partial charge in [-0.05, 0) is 68.3 Å². The molecule has 0 spiro atoms. The van der Waals surface area contributed by atoms with Crippen molar-refractivity contribution >= 4 is 34.3 Å². The molecule has 1 aromatic heterocycles. The molecule has 3 aromatic carbocycles. The average molecular weight is 460 g/mol. The molecule has 4 aromatic rings. The summed E-state index contributed by atoms with van der Waals surface area (Å²) in [4.78, 5) is 30.8. The van der Waals surface area contributed by atoms with E-state index in [-0.39, 0.29) is 17.2 Å². The van der Waals surface area contributed by atoms with E-state index in [4.69, 9.17) is 9.72 Å². The number of anilines is 1. The fourth-order valence-electron chi connectivity index (χ4n) is 3.61. The van der Waals surface area contributed by atoms with E-state index >= 15 is 0 Å². The first-order chi connectivity index (χ1) is 16.0. The number of hydrogen-bond donors (Lipinski definition) is 1. The van der Waals surface area contributed by atoms with Gasteiger partial charge < -0.3 is 10.1 Å². The van der Waals surface area contributed by atoms with Crippen LogP contribution in [0.3, 0.4) is 0 Å². The van der Waals surface area contributed by atoms with Gasteiger partial charge in [-0.25, -0.2) is 4.98 Å². The summed E-state index contributed by atoms with van der Waals surface area (Å²) >= 11 is 1.23. The van der Waals surface area contributed by atoms with Crippen molar-refractivity contribution in [2.24, 2.45) is 0 Å². The lowest BCUT2D eigenvalue weighted by Crippen LogP contribution is -2.23. The number of rotatable bonds is 7. The predicted molar refractivity (Wildman–Crippen MR) is 134 cm³/mol. The lowest BCUT2D eigenvalue weighted by Gasteiger charge is -2.14. The molecule has 1 N–H and O–H groups in total. The molecule has 1 heterocycles. The monoisotopic (exact) mass is 459 g/mol. The Kier molecular flexibility index (Phi) is 6.79. The summed E-state index contributed by atoms with van der Waals surface area (Å²) in [6.45, 7) is 6.41. The van der Waals surface area contributed by atoms with E-state index in [0.717, 1.165) is 22.6 Å². The molecule has 6 nitrogen and oxygen atoms in total. The quantitative estimate of drug-likeness (QED) is 0.306. The molecule has 1 amide bonds. The van der Waals surface area contributed by atoms with Crippen LogP contribution in [0.4, 0.5) is 5.69 Å². The van der Waals surface area contributed by atoms with E-state index in [1.54, 1.807) is 16.7 Å². The Morgan fingerprint density at radius 3 is 2.39 bits per heavy atom. The molecular formula is C26H25N3O3S. The number of aromatic nitrogens is 2. The van der Waals surface area contributed by atoms with Crippen molar-refractivity contribution in [3.63, 3.8) is 0 Å². The van der Waals surface area contributed by atoms with Crippen molar-refractivity contribution in [1.82, 2.24) is 9.55 Å². The van der Waals surface area contributed by atoms with E-state index < -0.39 is 0 Å². The molecule has 0 aliphatic rings. The summed E-state index contributed by atoms with van der Waals surface area (Å²) in [6.07, 6.45) is 0. The SMILES string of the molecule is CCOc1ccc(-n2c(SCC(=O)Nc3c(C)cccc3C)nc3ccccc3c2=O)cc1. The smallest absolute Gasteiger partial charge is 0.266 e. The van der Waals surface area contributed by atoms with Gasteiger partial charge in [-0.1, -0.05) is 42.1 Å². The highest BCUT2D eigenvalue weighted by molar-refractivity contribution is 7.99. The Balaban J connectivity index is 1.67. The number of fused-ring (bicyclic) bond motifs is 1. The number of para-hydroxylation sites is 2. The molecule has 7 heteroatoms. The van der Waals surface area contributed by atoms with Gasteiger partial charge in [0, 0.05) is 5.69 Å². The zero-order valence-electron chi connectivity index (χ0n) is 18.8. The predicted octanol–water partition coefficient (Wildman–Crippen LogP) is 5.13. The molecule has 0 saturated carbocycles. The molecule has 0 radical (unpaired) electrons. The summed E-state index contributed by atoms with van der Waals surface area (Å²) in [5.41, 5.74) is 3.91. The van der Waals surface area contributed by atoms with Crippen LogP contribution in [0.5, 0.6) is 5.75 Å². The normalized spacial score (nSPS) is 10.9. The fourth-order valence-corrected chi connectivity index (χ4v) is 4.42. The maximum atomic E-state index is 13.4. The number of thioether (sulfide) groups is 1. The molecule has 0 bridgehead atoms. The van der Waals surface area contributed by atoms with Gasteiger partial charge in [0.2, 0.25) is 5.91 Å². The van der Waals surface area contributed by atoms with Gasteiger partial charge in [0.15, 0.2) is 5.16 Å². The van der Waals surface area contributed by atoms with Crippen molar-refractivity contribution in [3.05, 3.63) is 88.2 Å². The van der Waals surface area contributed by atoms with E-state index in [0.29, 0.717) is 28.4 Å². The summed E-state index contributed by atoms with van der Waals surface area (Å²) < 4.78 is 7.07. The van der Waals surface area contributed by atoms with Crippen LogP contribution in [-0.4, -0.2) is 27.8 Å². The van der Waals surface area contributed by atoms with E-state index in [1.807, 2.05) is 75.4 Å². The molecular weight excluding hydrogens is 434 g/mol. The van der Waals surface area contributed by atoms with E-state index in [1.165, 1.54) is 11.8 Å². The third-order valence-electron chi connectivity index (χ3n) is 5.23. The first-order valence-corrected chi connectivity index (χ1v) is 11.7. The maximum absolute atomic E-state index is 13.4. The van der Waals surface area contributed by atoms with Crippen molar-refractivity contribution in [3.8, 4) is 11.4 Å². The number of ether oxygens (including phenoxy) is 1. The van der Waals surface area contributed by atoms with Crippen molar-refractivity contribution in [2.45, 2.75) is 25.9 Å². The molecule has 0 aliphatic carbocycles. The van der Waals surface area contributed by atoms with Crippen LogP contribution < -0.4 is 15.6 Å². The highest BCUT2D eigenvalue weighted by atomic mass is 32.2. The number of amides is 1. The standard InChI is InChI=1S/C26H25N3O3S/c1-4-32-20-14-12-19(13-15-20)29-25(31)21-10-5-6-11-22(21)27-26(29)33-16-23(30)28-24-17(2)8-7-9-18(24)3/h5-15H,4,16H2,1-3H3,(H,28,30). The third-order valence-corrected chi connectivity index (χ3v) is 6.17. The van der Waals surface area contributed by atoms with Crippen molar-refractivity contribution < 1.29 is 9.53 Å². The molecule has 33 heavy (non-hydrogen) atoms. The van der Waals surface area contributed by atoms with Crippen LogP contribution in [0.15, 0.2) is 76.7 Å². The Bertz CT molecular complexity index is 1340. The van der Waals surface area contributed by atoms with Crippen LogP contribution in [-0.2, 0) is 4.79 Å². The van der Waals surface area contributed by atoms with Gasteiger partial charge in [-0.15, -0.1) is 0 Å². The summed E-state index contributed by atoms with van der Waals surface area (Å²) in [5.74, 6) is 0.693. The summed E-state index contributed by atoms with van der Waals surface area (Å²) in [5, 5.41) is 3.97. The lowest BCUT2D eigenvalue weighted by molar-refractivity contribution is -0.113. The summed E-state index contributed by atoms with van der Waals surface area (Å²) in [6, 6.07) is 20.4. The van der Waals surface area contributed by atoms with E-state index in [2.05, 4.69) is 5.32 Å². The Labute approximate surface area is 196 Å². The van der Waals surface area contributed by atoms with E-state index in [9.17, 15) is 9.59 Å². The fraction of sp³-hybridized carbons (Fsp3) is 0.192. The van der Waals surface area contributed by atoms with Crippen LogP contribution >= 0.6 is 11.8 Å². The first-order valence-electron chi connectivity index (χ1n) is 10.7. The average Bonchev–Trinajstić information content (AvgIpc) is 2.81. The molecule has 0 fully saturated rings. The summed E-state index contributed by atoms with van der Waals surface area (Å²) in [7, 11) is 0. The molecule has 4 rings (SSSR count). The zero-order chi connectivity index (χ0) is 23.4. The second-order valence-electron chi connectivity index (χ2n) is 7.58. The minimum Gasteiger partial charge on any atom is -0.494 e. The molecule has 0 unspecified atom stereocenters. The Morgan fingerprint density at radius 1 is 1.00 bits per heavy atom. The highest BCUT2D eigenvalue weighted by Gasteiger charge is 2.16. The molecule has 0 atom stereocenters. The molecule has 168 valence electrons. The molecule has 0 saturated heterocycles. The Morgan fingerprint density at radius 2 is 1.70 bits per heavy atom. The second kappa shape index (κ2) is 9.92. The van der Waals surface area contributed by atoms with Crippen LogP contribution in [0, 0.1) is 13.8 Å². The molecule has 0 aliphatic heterocycles. The number of aryl methyl sites for hydroxylation is 2. The van der Waals surface area contributed by atoms with Crippen molar-refractivity contribution in [1.29, 1.82) is 0 Å². The minimum atomic E-state index is -0.178. The zero-order valence-corrected chi connectivity index (χ0v) is 19.6. The minimum absolute atomic E-state index is 0.121. The van der Waals surface area contributed by atoms with Crippen LogP contribution in [0.1, 0.15) is 18.1 Å². The topological polar surface area (TPSA) is 73.2 Å². The highest BCUT2D eigenvalue weighted by Crippen LogP contribution is 2.24. The van der Waals surface area contributed by atoms with Gasteiger partial charge >= 0.3 is 0 Å². The largest absolute Gasteiger partial charge is 0.494 e. The van der Waals surface area contributed by atoms with Gasteiger partial charge in [-0.2, -0.15) is 0 Å². The number of carbonyl (C=O) groups is 1.